The molecule has 200 valence electrons. The maximum Gasteiger partial charge on any atom is 0.181 e. The van der Waals surface area contributed by atoms with Crippen LogP contribution in [0, 0.1) is 11.8 Å². The number of ether oxygens (including phenoxy) is 3. The van der Waals surface area contributed by atoms with Crippen LogP contribution in [0.25, 0.3) is 0 Å². The largest absolute Gasteiger partial charge is 0.399 e. The second-order valence-corrected chi connectivity index (χ2v) is 9.13. The molecule has 3 rings (SSSR count). The van der Waals surface area contributed by atoms with Crippen LogP contribution in [0.15, 0.2) is 65.8 Å². The van der Waals surface area contributed by atoms with Gasteiger partial charge in [-0.2, -0.15) is 0 Å². The first-order valence-corrected chi connectivity index (χ1v) is 12.8. The molecule has 7 atom stereocenters. The summed E-state index contributed by atoms with van der Waals surface area (Å²) >= 11 is 0. The normalized spacial score (nSPS) is 24.1. The molecule has 7 nitrogen and oxygen atoms in total. The minimum absolute atomic E-state index is 0.0346. The lowest BCUT2D eigenvalue weighted by Gasteiger charge is -2.24. The zero-order chi connectivity index (χ0) is 26.3. The molecule has 1 unspecified atom stereocenters. The number of oxime groups is 1. The van der Waals surface area contributed by atoms with Crippen molar-refractivity contribution in [3.05, 3.63) is 71.8 Å². The minimum atomic E-state index is -0.793. The molecule has 0 spiro atoms. The lowest BCUT2D eigenvalue weighted by molar-refractivity contribution is -0.145. The molecule has 1 fully saturated rings. The summed E-state index contributed by atoms with van der Waals surface area (Å²) in [5, 5.41) is 23.5. The number of hydrogen-bond donors (Lipinski definition) is 2. The van der Waals surface area contributed by atoms with E-state index in [0.717, 1.165) is 17.5 Å². The molecule has 1 aliphatic heterocycles. The van der Waals surface area contributed by atoms with Crippen LogP contribution in [0.3, 0.4) is 0 Å². The Balaban J connectivity index is 0.000000255. The standard InChI is InChI=1S/C15H23NO3.C14H20O3/c1-4-14(17)12(2)15(10-16-18-3)19-11-13-8-6-5-7-9-13;1-3-12-10(2)13(14(15)17-12)16-9-11-7-5-4-6-8-11/h5-10,12,14-15,17H,4,11H2,1-3H3;4-8,10,12-15H,3,9H2,1-2H3/t12-,14-,15-;10-,12-,13+,14?/m11/s1. The highest BCUT2D eigenvalue weighted by molar-refractivity contribution is 5.62. The molecule has 0 bridgehead atoms. The van der Waals surface area contributed by atoms with Crippen molar-refractivity contribution in [2.24, 2.45) is 17.0 Å². The van der Waals surface area contributed by atoms with Crippen LogP contribution in [-0.4, -0.2) is 54.2 Å². The third-order valence-corrected chi connectivity index (χ3v) is 6.53. The molecule has 0 amide bonds. The average Bonchev–Trinajstić information content (AvgIpc) is 3.20. The summed E-state index contributed by atoms with van der Waals surface area (Å²) in [7, 11) is 1.49. The van der Waals surface area contributed by atoms with Crippen molar-refractivity contribution >= 4 is 6.21 Å². The van der Waals surface area contributed by atoms with Gasteiger partial charge in [-0.25, -0.2) is 0 Å². The molecule has 2 aromatic carbocycles. The van der Waals surface area contributed by atoms with Gasteiger partial charge in [0, 0.05) is 11.8 Å². The van der Waals surface area contributed by atoms with Crippen LogP contribution in [0.1, 0.15) is 51.7 Å². The molecule has 36 heavy (non-hydrogen) atoms. The summed E-state index contributed by atoms with van der Waals surface area (Å²) in [5.74, 6) is 0.200. The second kappa shape index (κ2) is 16.5. The van der Waals surface area contributed by atoms with E-state index < -0.39 is 12.4 Å². The zero-order valence-corrected chi connectivity index (χ0v) is 22.2. The maximum atomic E-state index is 9.91. The fourth-order valence-corrected chi connectivity index (χ4v) is 4.13. The van der Waals surface area contributed by atoms with E-state index in [4.69, 9.17) is 19.0 Å². The Morgan fingerprint density at radius 1 is 1.00 bits per heavy atom. The number of rotatable bonds is 12. The first kappa shape index (κ1) is 29.9. The van der Waals surface area contributed by atoms with E-state index in [2.05, 4.69) is 19.0 Å². The highest BCUT2D eigenvalue weighted by Crippen LogP contribution is 2.30. The van der Waals surface area contributed by atoms with E-state index in [1.165, 1.54) is 7.11 Å². The van der Waals surface area contributed by atoms with Crippen molar-refractivity contribution in [2.75, 3.05) is 7.11 Å². The van der Waals surface area contributed by atoms with Gasteiger partial charge in [0.2, 0.25) is 0 Å². The van der Waals surface area contributed by atoms with Gasteiger partial charge in [-0.1, -0.05) is 93.5 Å². The number of aliphatic hydroxyl groups excluding tert-OH is 2. The van der Waals surface area contributed by atoms with Crippen LogP contribution in [0.2, 0.25) is 0 Å². The molecular weight excluding hydrogens is 458 g/mol. The highest BCUT2D eigenvalue weighted by Gasteiger charge is 2.40. The third-order valence-electron chi connectivity index (χ3n) is 6.53. The monoisotopic (exact) mass is 501 g/mol. The lowest BCUT2D eigenvalue weighted by atomic mass is 9.97. The van der Waals surface area contributed by atoms with Gasteiger partial charge in [-0.15, -0.1) is 0 Å². The van der Waals surface area contributed by atoms with E-state index in [-0.39, 0.29) is 30.1 Å². The van der Waals surface area contributed by atoms with Gasteiger partial charge in [0.05, 0.1) is 31.6 Å². The molecule has 0 aromatic heterocycles. The molecule has 7 heteroatoms. The second-order valence-electron chi connectivity index (χ2n) is 9.13. The van der Waals surface area contributed by atoms with Gasteiger partial charge < -0.3 is 29.3 Å². The van der Waals surface area contributed by atoms with Crippen LogP contribution in [-0.2, 0) is 32.3 Å². The summed E-state index contributed by atoms with van der Waals surface area (Å²) in [5.41, 5.74) is 2.21. The van der Waals surface area contributed by atoms with E-state index in [9.17, 15) is 10.2 Å². The molecule has 0 radical (unpaired) electrons. The average molecular weight is 502 g/mol. The third kappa shape index (κ3) is 9.64. The van der Waals surface area contributed by atoms with Crippen molar-refractivity contribution in [3.8, 4) is 0 Å². The maximum absolute atomic E-state index is 9.91. The number of hydrogen-bond acceptors (Lipinski definition) is 7. The van der Waals surface area contributed by atoms with Crippen molar-refractivity contribution in [2.45, 2.75) is 84.5 Å². The van der Waals surface area contributed by atoms with Crippen LogP contribution in [0.4, 0.5) is 0 Å². The predicted molar refractivity (Wildman–Crippen MR) is 141 cm³/mol. The summed E-state index contributed by atoms with van der Waals surface area (Å²) in [6.45, 7) is 9.04. The quantitative estimate of drug-likeness (QED) is 0.316. The predicted octanol–water partition coefficient (Wildman–Crippen LogP) is 4.95. The first-order chi connectivity index (χ1) is 17.4. The van der Waals surface area contributed by atoms with Gasteiger partial charge >= 0.3 is 0 Å². The van der Waals surface area contributed by atoms with Crippen LogP contribution >= 0.6 is 0 Å². The van der Waals surface area contributed by atoms with Crippen molar-refractivity contribution < 1.29 is 29.3 Å². The van der Waals surface area contributed by atoms with Crippen molar-refractivity contribution in [1.29, 1.82) is 0 Å². The van der Waals surface area contributed by atoms with Gasteiger partial charge in [0.15, 0.2) is 6.29 Å². The SMILES string of the molecule is CC[C@@H](O)[C@@H](C)[C@@H](C=NOC)OCc1ccccc1.CC[C@H]1OC(O)[C@@H](OCc2ccccc2)[C@@H]1C. The molecular formula is C29H43NO6. The number of nitrogens with zero attached hydrogens (tertiary/aromatic N) is 1. The van der Waals surface area contributed by atoms with Crippen molar-refractivity contribution in [1.82, 2.24) is 0 Å². The fraction of sp³-hybridized carbons (Fsp3) is 0.552. The van der Waals surface area contributed by atoms with Crippen LogP contribution < -0.4 is 0 Å². The molecule has 0 aliphatic carbocycles. The van der Waals surface area contributed by atoms with Gasteiger partial charge in [-0.3, -0.25) is 0 Å². The molecule has 2 aromatic rings. The Labute approximate surface area is 216 Å². The minimum Gasteiger partial charge on any atom is -0.399 e. The van der Waals surface area contributed by atoms with Gasteiger partial charge in [0.25, 0.3) is 0 Å². The molecule has 2 N–H and O–H groups in total. The number of benzene rings is 2. The molecule has 1 aliphatic rings. The Morgan fingerprint density at radius 2 is 1.58 bits per heavy atom. The first-order valence-electron chi connectivity index (χ1n) is 12.8. The zero-order valence-electron chi connectivity index (χ0n) is 22.2. The Bertz CT molecular complexity index is 849. The molecule has 1 heterocycles. The van der Waals surface area contributed by atoms with Crippen LogP contribution in [0.5, 0.6) is 0 Å². The lowest BCUT2D eigenvalue weighted by Crippen LogP contribution is -2.32. The van der Waals surface area contributed by atoms with E-state index >= 15 is 0 Å². The Hall–Kier alpha value is -2.29. The summed E-state index contributed by atoms with van der Waals surface area (Å²) in [6.07, 6.45) is 1.60. The highest BCUT2D eigenvalue weighted by atomic mass is 16.7. The van der Waals surface area contributed by atoms with E-state index in [1.807, 2.05) is 74.5 Å². The Kier molecular flexibility index (Phi) is 13.7. The van der Waals surface area contributed by atoms with Crippen molar-refractivity contribution in [3.63, 3.8) is 0 Å². The van der Waals surface area contributed by atoms with E-state index in [1.54, 1.807) is 6.21 Å². The molecule has 1 saturated heterocycles. The smallest absolute Gasteiger partial charge is 0.181 e. The number of aliphatic hydroxyl groups is 2. The molecule has 0 saturated carbocycles. The topological polar surface area (TPSA) is 89.7 Å². The van der Waals surface area contributed by atoms with Gasteiger partial charge in [-0.05, 0) is 24.0 Å². The Morgan fingerprint density at radius 3 is 2.08 bits per heavy atom. The summed E-state index contributed by atoms with van der Waals surface area (Å²) in [4.78, 5) is 4.70. The fourth-order valence-electron chi connectivity index (χ4n) is 4.13. The summed E-state index contributed by atoms with van der Waals surface area (Å²) < 4.78 is 17.1. The van der Waals surface area contributed by atoms with E-state index in [0.29, 0.717) is 19.6 Å². The summed E-state index contributed by atoms with van der Waals surface area (Å²) in [6, 6.07) is 19.9. The van der Waals surface area contributed by atoms with Gasteiger partial charge in [0.1, 0.15) is 19.3 Å².